The van der Waals surface area contributed by atoms with Gasteiger partial charge in [0.05, 0.1) is 0 Å². The van der Waals surface area contributed by atoms with Crippen LogP contribution in [-0.4, -0.2) is 6.54 Å². The molecule has 0 bridgehead atoms. The largest absolute Gasteiger partial charge is 0.330 e. The maximum atomic E-state index is 5.32. The molecule has 2 atom stereocenters. The van der Waals surface area contributed by atoms with Crippen LogP contribution in [0.25, 0.3) is 0 Å². The lowest BCUT2D eigenvalue weighted by Crippen LogP contribution is -2.00. The molecular weight excluding hydrogens is 110 g/mol. The molecule has 7 heavy (non-hydrogen) atoms. The predicted octanol–water partition coefficient (Wildman–Crippen LogP) is 1.02. The highest BCUT2D eigenvalue weighted by Crippen LogP contribution is 2.35. The molecule has 0 heterocycles. The maximum Gasteiger partial charge on any atom is -0.00462 e. The SMILES string of the molecule is CC1CC1CN.Cl. The van der Waals surface area contributed by atoms with Crippen LogP contribution in [0.4, 0.5) is 0 Å². The minimum atomic E-state index is 0. The summed E-state index contributed by atoms with van der Waals surface area (Å²) < 4.78 is 0. The van der Waals surface area contributed by atoms with Gasteiger partial charge in [-0.3, -0.25) is 0 Å². The molecule has 0 saturated heterocycles. The molecule has 0 aliphatic heterocycles. The van der Waals surface area contributed by atoms with Gasteiger partial charge in [-0.2, -0.15) is 0 Å². The van der Waals surface area contributed by atoms with Gasteiger partial charge in [-0.25, -0.2) is 0 Å². The minimum absolute atomic E-state index is 0. The van der Waals surface area contributed by atoms with Gasteiger partial charge in [0, 0.05) is 0 Å². The molecule has 0 radical (unpaired) electrons. The van der Waals surface area contributed by atoms with Crippen molar-refractivity contribution in [2.24, 2.45) is 17.6 Å². The Kier molecular flexibility index (Phi) is 2.62. The average Bonchev–Trinajstić information content (AvgIpc) is 2.19. The van der Waals surface area contributed by atoms with Gasteiger partial charge >= 0.3 is 0 Å². The van der Waals surface area contributed by atoms with Gasteiger partial charge in [0.25, 0.3) is 0 Å². The molecule has 44 valence electrons. The summed E-state index contributed by atoms with van der Waals surface area (Å²) in [7, 11) is 0. The monoisotopic (exact) mass is 121 g/mol. The number of nitrogens with two attached hydrogens (primary N) is 1. The van der Waals surface area contributed by atoms with Gasteiger partial charge in [-0.1, -0.05) is 6.92 Å². The van der Waals surface area contributed by atoms with E-state index in [9.17, 15) is 0 Å². The molecule has 2 heteroatoms. The third-order valence-corrected chi connectivity index (χ3v) is 1.58. The molecule has 1 nitrogen and oxygen atoms in total. The fourth-order valence-corrected chi connectivity index (χ4v) is 0.728. The Labute approximate surface area is 50.7 Å². The van der Waals surface area contributed by atoms with Crippen molar-refractivity contribution in [2.45, 2.75) is 13.3 Å². The Hall–Kier alpha value is 0.250. The summed E-state index contributed by atoms with van der Waals surface area (Å²) in [5, 5.41) is 0. The fraction of sp³-hybridized carbons (Fsp3) is 1.00. The Bertz CT molecular complexity index is 54.0. The van der Waals surface area contributed by atoms with Crippen LogP contribution in [0.5, 0.6) is 0 Å². The van der Waals surface area contributed by atoms with E-state index in [-0.39, 0.29) is 12.4 Å². The molecule has 2 N–H and O–H groups in total. The van der Waals surface area contributed by atoms with Crippen LogP contribution < -0.4 is 5.73 Å². The molecule has 1 aliphatic carbocycles. The maximum absolute atomic E-state index is 5.32. The van der Waals surface area contributed by atoms with Crippen LogP contribution in [-0.2, 0) is 0 Å². The van der Waals surface area contributed by atoms with E-state index >= 15 is 0 Å². The number of rotatable bonds is 1. The van der Waals surface area contributed by atoms with Crippen LogP contribution in [0, 0.1) is 11.8 Å². The molecule has 0 aromatic carbocycles. The second kappa shape index (κ2) is 2.53. The fourth-order valence-electron chi connectivity index (χ4n) is 0.728. The number of hydrogen-bond donors (Lipinski definition) is 1. The van der Waals surface area contributed by atoms with E-state index in [4.69, 9.17) is 5.73 Å². The lowest BCUT2D eigenvalue weighted by molar-refractivity contribution is 0.761. The Balaban J connectivity index is 0.000000360. The zero-order valence-electron chi connectivity index (χ0n) is 4.55. The first kappa shape index (κ1) is 7.25. The predicted molar refractivity (Wildman–Crippen MR) is 33.6 cm³/mol. The van der Waals surface area contributed by atoms with Gasteiger partial charge in [0.15, 0.2) is 0 Å². The average molecular weight is 122 g/mol. The van der Waals surface area contributed by atoms with Gasteiger partial charge in [0.1, 0.15) is 0 Å². The van der Waals surface area contributed by atoms with Crippen LogP contribution in [0.2, 0.25) is 0 Å². The molecule has 1 fully saturated rings. The Morgan fingerprint density at radius 1 is 1.71 bits per heavy atom. The van der Waals surface area contributed by atoms with Crippen molar-refractivity contribution in [3.05, 3.63) is 0 Å². The van der Waals surface area contributed by atoms with E-state index in [0.717, 1.165) is 18.4 Å². The summed E-state index contributed by atoms with van der Waals surface area (Å²) in [5.41, 5.74) is 5.32. The van der Waals surface area contributed by atoms with E-state index in [2.05, 4.69) is 6.92 Å². The highest BCUT2D eigenvalue weighted by Gasteiger charge is 2.30. The van der Waals surface area contributed by atoms with Crippen molar-refractivity contribution in [1.29, 1.82) is 0 Å². The highest BCUT2D eigenvalue weighted by molar-refractivity contribution is 5.85. The lowest BCUT2D eigenvalue weighted by atomic mass is 10.3. The van der Waals surface area contributed by atoms with Crippen LogP contribution >= 0.6 is 12.4 Å². The van der Waals surface area contributed by atoms with E-state index in [1.165, 1.54) is 6.42 Å². The van der Waals surface area contributed by atoms with Crippen molar-refractivity contribution >= 4 is 12.4 Å². The summed E-state index contributed by atoms with van der Waals surface area (Å²) in [6.45, 7) is 3.15. The van der Waals surface area contributed by atoms with E-state index in [0.29, 0.717) is 0 Å². The van der Waals surface area contributed by atoms with E-state index < -0.39 is 0 Å². The van der Waals surface area contributed by atoms with E-state index in [1.807, 2.05) is 0 Å². The normalized spacial score (nSPS) is 36.9. The molecular formula is C5H12ClN. The summed E-state index contributed by atoms with van der Waals surface area (Å²) in [4.78, 5) is 0. The van der Waals surface area contributed by atoms with Crippen LogP contribution in [0.15, 0.2) is 0 Å². The second-order valence-electron chi connectivity index (χ2n) is 2.21. The smallest absolute Gasteiger partial charge is 0.00462 e. The first-order chi connectivity index (χ1) is 2.84. The molecule has 0 aromatic heterocycles. The standard InChI is InChI=1S/C5H11N.ClH/c1-4-2-5(4)3-6;/h4-5H,2-3,6H2,1H3;1H. The molecule has 0 aromatic rings. The summed E-state index contributed by atoms with van der Waals surface area (Å²) in [6, 6.07) is 0. The van der Waals surface area contributed by atoms with Gasteiger partial charge < -0.3 is 5.73 Å². The van der Waals surface area contributed by atoms with Crippen molar-refractivity contribution in [3.63, 3.8) is 0 Å². The highest BCUT2D eigenvalue weighted by atomic mass is 35.5. The first-order valence-corrected chi connectivity index (χ1v) is 2.54. The van der Waals surface area contributed by atoms with Gasteiger partial charge in [0.2, 0.25) is 0 Å². The van der Waals surface area contributed by atoms with Crippen molar-refractivity contribution < 1.29 is 0 Å². The molecule has 2 unspecified atom stereocenters. The zero-order valence-corrected chi connectivity index (χ0v) is 5.37. The number of hydrogen-bond acceptors (Lipinski definition) is 1. The second-order valence-corrected chi connectivity index (χ2v) is 2.21. The third kappa shape index (κ3) is 1.66. The van der Waals surface area contributed by atoms with Crippen molar-refractivity contribution in [3.8, 4) is 0 Å². The molecule has 1 aliphatic rings. The van der Waals surface area contributed by atoms with Gasteiger partial charge in [-0.05, 0) is 24.8 Å². The first-order valence-electron chi connectivity index (χ1n) is 2.54. The quantitative estimate of drug-likeness (QED) is 0.551. The van der Waals surface area contributed by atoms with Crippen molar-refractivity contribution in [1.82, 2.24) is 0 Å². The lowest BCUT2D eigenvalue weighted by Gasteiger charge is -1.80. The zero-order chi connectivity index (χ0) is 4.57. The molecule has 0 amide bonds. The summed E-state index contributed by atoms with van der Waals surface area (Å²) in [5.74, 6) is 1.82. The van der Waals surface area contributed by atoms with Gasteiger partial charge in [-0.15, -0.1) is 12.4 Å². The molecule has 1 rings (SSSR count). The summed E-state index contributed by atoms with van der Waals surface area (Å²) >= 11 is 0. The van der Waals surface area contributed by atoms with Crippen LogP contribution in [0.3, 0.4) is 0 Å². The topological polar surface area (TPSA) is 26.0 Å². The van der Waals surface area contributed by atoms with Crippen LogP contribution in [0.1, 0.15) is 13.3 Å². The molecule has 1 saturated carbocycles. The van der Waals surface area contributed by atoms with Crippen molar-refractivity contribution in [2.75, 3.05) is 6.54 Å². The number of halogens is 1. The van der Waals surface area contributed by atoms with E-state index in [1.54, 1.807) is 0 Å². The third-order valence-electron chi connectivity index (χ3n) is 1.58. The molecule has 0 spiro atoms. The Morgan fingerprint density at radius 2 is 2.14 bits per heavy atom. The minimum Gasteiger partial charge on any atom is -0.330 e. The Morgan fingerprint density at radius 3 is 2.14 bits per heavy atom. The summed E-state index contributed by atoms with van der Waals surface area (Å²) in [6.07, 6.45) is 1.37.